The molecule has 21 heavy (non-hydrogen) atoms. The Morgan fingerprint density at radius 3 is 2.52 bits per heavy atom. The Balaban J connectivity index is 2.48. The smallest absolute Gasteiger partial charge is 0.339 e. The van der Waals surface area contributed by atoms with Crippen molar-refractivity contribution in [1.82, 2.24) is 5.32 Å². The molecule has 0 spiro atoms. The summed E-state index contributed by atoms with van der Waals surface area (Å²) in [6, 6.07) is 1.05. The molecule has 0 saturated carbocycles. The normalized spacial score (nSPS) is 13.2. The van der Waals surface area contributed by atoms with E-state index in [0.717, 1.165) is 25.3 Å². The number of amides is 2. The van der Waals surface area contributed by atoms with Crippen molar-refractivity contribution in [1.29, 1.82) is 0 Å². The lowest BCUT2D eigenvalue weighted by molar-refractivity contribution is 0.0691. The number of fused-ring (bicyclic) bond motifs is 1. The van der Waals surface area contributed by atoms with E-state index in [4.69, 9.17) is 0 Å². The molecule has 0 fully saturated rings. The van der Waals surface area contributed by atoms with Crippen LogP contribution < -0.4 is 5.32 Å². The highest BCUT2D eigenvalue weighted by Crippen LogP contribution is 2.32. The van der Waals surface area contributed by atoms with Crippen LogP contribution in [0.3, 0.4) is 0 Å². The van der Waals surface area contributed by atoms with E-state index in [1.165, 1.54) is 0 Å². The summed E-state index contributed by atoms with van der Waals surface area (Å²) in [5, 5.41) is 21.3. The first-order chi connectivity index (χ1) is 9.97. The minimum atomic E-state index is -1.30. The molecule has 0 atom stereocenters. The Kier molecular flexibility index (Phi) is 4.26. The predicted octanol–water partition coefficient (Wildman–Crippen LogP) is 2.10. The van der Waals surface area contributed by atoms with Crippen molar-refractivity contribution in [3.8, 4) is 5.75 Å². The third-order valence-corrected chi connectivity index (χ3v) is 3.60. The molecule has 2 rings (SSSR count). The lowest BCUT2D eigenvalue weighted by Crippen LogP contribution is -2.20. The SMILES string of the molecule is CCCCCCc1c(C(=O)O)c(O)cc2c1C(=O)NC2=O. The second-order valence-corrected chi connectivity index (χ2v) is 5.07. The van der Waals surface area contributed by atoms with Gasteiger partial charge in [-0.25, -0.2) is 4.79 Å². The van der Waals surface area contributed by atoms with Crippen LogP contribution in [0.5, 0.6) is 5.75 Å². The number of carbonyl (C=O) groups excluding carboxylic acids is 2. The highest BCUT2D eigenvalue weighted by atomic mass is 16.4. The molecule has 0 radical (unpaired) electrons. The minimum Gasteiger partial charge on any atom is -0.507 e. The van der Waals surface area contributed by atoms with Crippen molar-refractivity contribution < 1.29 is 24.6 Å². The van der Waals surface area contributed by atoms with Crippen molar-refractivity contribution in [2.45, 2.75) is 39.0 Å². The zero-order chi connectivity index (χ0) is 15.6. The van der Waals surface area contributed by atoms with Crippen LogP contribution in [0, 0.1) is 0 Å². The largest absolute Gasteiger partial charge is 0.507 e. The molecule has 1 heterocycles. The maximum absolute atomic E-state index is 11.9. The third-order valence-electron chi connectivity index (χ3n) is 3.60. The summed E-state index contributed by atoms with van der Waals surface area (Å²) < 4.78 is 0. The van der Waals surface area contributed by atoms with Gasteiger partial charge in [-0.3, -0.25) is 14.9 Å². The first-order valence-electron chi connectivity index (χ1n) is 6.95. The van der Waals surface area contributed by atoms with E-state index in [1.54, 1.807) is 0 Å². The van der Waals surface area contributed by atoms with Crippen LogP contribution >= 0.6 is 0 Å². The number of carboxylic acid groups (broad SMARTS) is 1. The summed E-state index contributed by atoms with van der Waals surface area (Å²) in [4.78, 5) is 34.9. The number of unbranched alkanes of at least 4 members (excludes halogenated alkanes) is 3. The molecule has 0 aromatic heterocycles. The fourth-order valence-corrected chi connectivity index (χ4v) is 2.61. The Morgan fingerprint density at radius 1 is 1.19 bits per heavy atom. The van der Waals surface area contributed by atoms with Crippen LogP contribution in [0.15, 0.2) is 6.07 Å². The van der Waals surface area contributed by atoms with E-state index >= 15 is 0 Å². The van der Waals surface area contributed by atoms with Gasteiger partial charge in [-0.15, -0.1) is 0 Å². The second-order valence-electron chi connectivity index (χ2n) is 5.07. The van der Waals surface area contributed by atoms with Crippen LogP contribution in [-0.2, 0) is 6.42 Å². The standard InChI is InChI=1S/C15H17NO5/c1-2-3-4-5-6-8-11-9(13(18)16-14(11)19)7-10(17)12(8)15(20)21/h7,17H,2-6H2,1H3,(H,20,21)(H,16,18,19). The fraction of sp³-hybridized carbons (Fsp3) is 0.400. The monoisotopic (exact) mass is 291 g/mol. The number of carboxylic acids is 1. The maximum atomic E-state index is 11.9. The average Bonchev–Trinajstić information content (AvgIpc) is 2.68. The van der Waals surface area contributed by atoms with E-state index in [2.05, 4.69) is 12.2 Å². The summed E-state index contributed by atoms with van der Waals surface area (Å²) in [5.74, 6) is -2.97. The van der Waals surface area contributed by atoms with Gasteiger partial charge in [0.1, 0.15) is 11.3 Å². The van der Waals surface area contributed by atoms with E-state index < -0.39 is 23.5 Å². The number of imide groups is 1. The lowest BCUT2D eigenvalue weighted by Gasteiger charge is -2.11. The fourth-order valence-electron chi connectivity index (χ4n) is 2.61. The number of nitrogens with one attached hydrogen (secondary N) is 1. The van der Waals surface area contributed by atoms with Gasteiger partial charge in [-0.05, 0) is 24.5 Å². The Hall–Kier alpha value is -2.37. The molecule has 1 aliphatic heterocycles. The average molecular weight is 291 g/mol. The molecule has 1 aromatic rings. The van der Waals surface area contributed by atoms with E-state index in [0.29, 0.717) is 12.8 Å². The summed E-state index contributed by atoms with van der Waals surface area (Å²) in [7, 11) is 0. The van der Waals surface area contributed by atoms with Gasteiger partial charge in [0.2, 0.25) is 0 Å². The molecule has 0 aliphatic carbocycles. The van der Waals surface area contributed by atoms with Crippen LogP contribution in [0.25, 0.3) is 0 Å². The van der Waals surface area contributed by atoms with Gasteiger partial charge >= 0.3 is 5.97 Å². The number of carbonyl (C=O) groups is 3. The van der Waals surface area contributed by atoms with E-state index in [9.17, 15) is 24.6 Å². The van der Waals surface area contributed by atoms with Crippen LogP contribution in [0.4, 0.5) is 0 Å². The van der Waals surface area contributed by atoms with Gasteiger partial charge in [-0.2, -0.15) is 0 Å². The third kappa shape index (κ3) is 2.74. The first-order valence-corrected chi connectivity index (χ1v) is 6.95. The highest BCUT2D eigenvalue weighted by molar-refractivity contribution is 6.23. The molecule has 1 aliphatic rings. The molecule has 6 heteroatoms. The van der Waals surface area contributed by atoms with Gasteiger partial charge in [-0.1, -0.05) is 26.2 Å². The summed E-state index contributed by atoms with van der Waals surface area (Å²) in [6.07, 6.45) is 3.98. The molecule has 6 nitrogen and oxygen atoms in total. The quantitative estimate of drug-likeness (QED) is 0.550. The zero-order valence-corrected chi connectivity index (χ0v) is 11.7. The number of benzene rings is 1. The Labute approximate surface area is 121 Å². The van der Waals surface area contributed by atoms with Crippen molar-refractivity contribution >= 4 is 17.8 Å². The van der Waals surface area contributed by atoms with E-state index in [1.807, 2.05) is 0 Å². The van der Waals surface area contributed by atoms with Gasteiger partial charge < -0.3 is 10.2 Å². The summed E-state index contributed by atoms with van der Waals surface area (Å²) in [6.45, 7) is 2.06. The minimum absolute atomic E-state index is 0.0491. The molecule has 112 valence electrons. The predicted molar refractivity (Wildman–Crippen MR) is 74.7 cm³/mol. The molecule has 2 amide bonds. The summed E-state index contributed by atoms with van der Waals surface area (Å²) >= 11 is 0. The first kappa shape index (κ1) is 15.0. The van der Waals surface area contributed by atoms with Gasteiger partial charge in [0, 0.05) is 0 Å². The van der Waals surface area contributed by atoms with Crippen molar-refractivity contribution in [2.24, 2.45) is 0 Å². The Bertz CT molecular complexity index is 621. The molecule has 0 saturated heterocycles. The van der Waals surface area contributed by atoms with Gasteiger partial charge in [0.15, 0.2) is 0 Å². The number of aromatic carboxylic acids is 1. The van der Waals surface area contributed by atoms with Gasteiger partial charge in [0.05, 0.1) is 11.1 Å². The summed E-state index contributed by atoms with van der Waals surface area (Å²) in [5.41, 5.74) is 0.103. The maximum Gasteiger partial charge on any atom is 0.339 e. The van der Waals surface area contributed by atoms with Crippen molar-refractivity contribution in [3.63, 3.8) is 0 Å². The number of rotatable bonds is 6. The number of hydrogen-bond donors (Lipinski definition) is 3. The van der Waals surface area contributed by atoms with Crippen molar-refractivity contribution in [3.05, 3.63) is 28.3 Å². The molecular formula is C15H17NO5. The zero-order valence-electron chi connectivity index (χ0n) is 11.7. The van der Waals surface area contributed by atoms with Crippen molar-refractivity contribution in [2.75, 3.05) is 0 Å². The topological polar surface area (TPSA) is 104 Å². The Morgan fingerprint density at radius 2 is 1.90 bits per heavy atom. The van der Waals surface area contributed by atoms with Crippen LogP contribution in [0.1, 0.15) is 69.2 Å². The molecule has 0 bridgehead atoms. The molecule has 1 aromatic carbocycles. The van der Waals surface area contributed by atoms with Crippen LogP contribution in [-0.4, -0.2) is 28.0 Å². The lowest BCUT2D eigenvalue weighted by atomic mass is 9.92. The number of aromatic hydroxyl groups is 1. The van der Waals surface area contributed by atoms with Gasteiger partial charge in [0.25, 0.3) is 11.8 Å². The van der Waals surface area contributed by atoms with E-state index in [-0.39, 0.29) is 22.3 Å². The highest BCUT2D eigenvalue weighted by Gasteiger charge is 2.34. The molecule has 0 unspecified atom stereocenters. The molecule has 3 N–H and O–H groups in total. The second kappa shape index (κ2) is 5.95. The number of phenols is 1. The molecular weight excluding hydrogens is 274 g/mol. The number of hydrogen-bond acceptors (Lipinski definition) is 4. The van der Waals surface area contributed by atoms with Crippen LogP contribution in [0.2, 0.25) is 0 Å².